The van der Waals surface area contributed by atoms with Crippen molar-refractivity contribution in [2.45, 2.75) is 45.3 Å². The summed E-state index contributed by atoms with van der Waals surface area (Å²) in [4.78, 5) is 17.2. The molecule has 3 aromatic rings. The lowest BCUT2D eigenvalue weighted by atomic mass is 9.95. The van der Waals surface area contributed by atoms with E-state index < -0.39 is 0 Å². The Hall–Kier alpha value is -2.81. The number of aromatic nitrogens is 4. The van der Waals surface area contributed by atoms with Crippen molar-refractivity contribution in [3.63, 3.8) is 0 Å². The Morgan fingerprint density at radius 3 is 2.71 bits per heavy atom. The summed E-state index contributed by atoms with van der Waals surface area (Å²) in [6.07, 6.45) is 0.859. The van der Waals surface area contributed by atoms with Crippen LogP contribution in [-0.2, 0) is 4.79 Å². The smallest absolute Gasteiger partial charge is 0.256 e. The van der Waals surface area contributed by atoms with Crippen LogP contribution >= 0.6 is 11.8 Å². The highest BCUT2D eigenvalue weighted by molar-refractivity contribution is 7.99. The Balaban J connectivity index is 1.46. The zero-order valence-electron chi connectivity index (χ0n) is 18.2. The molecule has 9 heteroatoms. The standard InChI is InChI=1S/C22H27N5O3S/c1-13(2)20(16-6-7-17-18(11-16)30-9-5-8-29-17)24-19(28)12-31-22-26-25-21-23-14(3)10-15(4)27(21)22/h6-7,10-11,13,20H,5,8-9,12H2,1-4H3,(H,24,28). The molecule has 0 saturated heterocycles. The first-order valence-corrected chi connectivity index (χ1v) is 11.4. The number of carbonyl (C=O) groups excluding carboxylic acids is 1. The summed E-state index contributed by atoms with van der Waals surface area (Å²) in [6.45, 7) is 9.36. The molecule has 0 saturated carbocycles. The molecule has 0 bridgehead atoms. The fourth-order valence-electron chi connectivity index (χ4n) is 3.65. The number of aryl methyl sites for hydroxylation is 2. The summed E-state index contributed by atoms with van der Waals surface area (Å²) in [5.74, 6) is 2.42. The highest BCUT2D eigenvalue weighted by Gasteiger charge is 2.22. The Kier molecular flexibility index (Phi) is 6.31. The third kappa shape index (κ3) is 4.76. The second-order valence-corrected chi connectivity index (χ2v) is 8.93. The van der Waals surface area contributed by atoms with E-state index in [4.69, 9.17) is 9.47 Å². The van der Waals surface area contributed by atoms with Crippen LogP contribution in [0.1, 0.15) is 43.3 Å². The van der Waals surface area contributed by atoms with Crippen LogP contribution in [0.15, 0.2) is 29.4 Å². The van der Waals surface area contributed by atoms with Gasteiger partial charge in [-0.1, -0.05) is 31.7 Å². The summed E-state index contributed by atoms with van der Waals surface area (Å²) < 4.78 is 13.4. The van der Waals surface area contributed by atoms with E-state index in [2.05, 4.69) is 34.3 Å². The maximum Gasteiger partial charge on any atom is 0.256 e. The molecule has 1 aliphatic rings. The van der Waals surface area contributed by atoms with Crippen LogP contribution in [-0.4, -0.2) is 44.5 Å². The summed E-state index contributed by atoms with van der Waals surface area (Å²) in [5.41, 5.74) is 2.88. The minimum absolute atomic E-state index is 0.0646. The van der Waals surface area contributed by atoms with Crippen LogP contribution in [0.3, 0.4) is 0 Å². The van der Waals surface area contributed by atoms with Gasteiger partial charge in [0.15, 0.2) is 16.7 Å². The van der Waals surface area contributed by atoms with Gasteiger partial charge in [0.05, 0.1) is 25.0 Å². The zero-order chi connectivity index (χ0) is 22.0. The Bertz CT molecular complexity index is 1100. The van der Waals surface area contributed by atoms with Gasteiger partial charge in [0, 0.05) is 17.8 Å². The van der Waals surface area contributed by atoms with Gasteiger partial charge in [-0.2, -0.15) is 0 Å². The summed E-state index contributed by atoms with van der Waals surface area (Å²) in [5, 5.41) is 12.1. The highest BCUT2D eigenvalue weighted by Crippen LogP contribution is 2.34. The monoisotopic (exact) mass is 441 g/mol. The Morgan fingerprint density at radius 1 is 1.16 bits per heavy atom. The second kappa shape index (κ2) is 9.13. The van der Waals surface area contributed by atoms with Crippen molar-refractivity contribution in [3.05, 3.63) is 41.2 Å². The topological polar surface area (TPSA) is 90.6 Å². The average Bonchev–Trinajstić information content (AvgIpc) is 2.98. The van der Waals surface area contributed by atoms with Crippen LogP contribution in [0, 0.1) is 19.8 Å². The molecule has 31 heavy (non-hydrogen) atoms. The molecule has 1 amide bonds. The maximum absolute atomic E-state index is 12.8. The minimum Gasteiger partial charge on any atom is -0.490 e. The summed E-state index contributed by atoms with van der Waals surface area (Å²) >= 11 is 1.35. The van der Waals surface area contributed by atoms with Crippen molar-refractivity contribution in [1.29, 1.82) is 0 Å². The zero-order valence-corrected chi connectivity index (χ0v) is 19.0. The SMILES string of the molecule is Cc1cc(C)n2c(SCC(=O)NC(c3ccc4c(c3)OCCCO4)C(C)C)nnc2n1. The lowest BCUT2D eigenvalue weighted by molar-refractivity contribution is -0.119. The fraction of sp³-hybridized carbons (Fsp3) is 0.455. The van der Waals surface area contributed by atoms with E-state index >= 15 is 0 Å². The van der Waals surface area contributed by atoms with E-state index in [1.807, 2.05) is 42.5 Å². The van der Waals surface area contributed by atoms with Gasteiger partial charge in [0.2, 0.25) is 5.91 Å². The van der Waals surface area contributed by atoms with Gasteiger partial charge < -0.3 is 14.8 Å². The molecule has 164 valence electrons. The molecule has 1 aromatic carbocycles. The minimum atomic E-state index is -0.133. The van der Waals surface area contributed by atoms with E-state index in [-0.39, 0.29) is 23.6 Å². The molecule has 4 rings (SSSR count). The van der Waals surface area contributed by atoms with Crippen LogP contribution in [0.4, 0.5) is 0 Å². The Labute approximate surface area is 185 Å². The number of rotatable bonds is 6. The van der Waals surface area contributed by atoms with Gasteiger partial charge in [-0.3, -0.25) is 9.20 Å². The first-order chi connectivity index (χ1) is 14.9. The molecule has 1 aliphatic heterocycles. The molecule has 0 aliphatic carbocycles. The van der Waals surface area contributed by atoms with E-state index in [0.717, 1.165) is 34.9 Å². The number of thioether (sulfide) groups is 1. The van der Waals surface area contributed by atoms with Gasteiger partial charge >= 0.3 is 0 Å². The van der Waals surface area contributed by atoms with E-state index in [0.29, 0.717) is 24.1 Å². The summed E-state index contributed by atoms with van der Waals surface area (Å²) in [7, 11) is 0. The molecule has 1 atom stereocenters. The fourth-order valence-corrected chi connectivity index (χ4v) is 4.44. The van der Waals surface area contributed by atoms with Crippen molar-refractivity contribution in [2.75, 3.05) is 19.0 Å². The van der Waals surface area contributed by atoms with Gasteiger partial charge in [0.1, 0.15) is 0 Å². The molecule has 1 unspecified atom stereocenters. The van der Waals surface area contributed by atoms with Crippen LogP contribution in [0.2, 0.25) is 0 Å². The number of amides is 1. The average molecular weight is 442 g/mol. The van der Waals surface area contributed by atoms with E-state index in [1.165, 1.54) is 11.8 Å². The van der Waals surface area contributed by atoms with Gasteiger partial charge in [0.25, 0.3) is 5.78 Å². The molecule has 2 aromatic heterocycles. The van der Waals surface area contributed by atoms with Crippen molar-refractivity contribution in [3.8, 4) is 11.5 Å². The molecular formula is C22H27N5O3S. The largest absolute Gasteiger partial charge is 0.490 e. The van der Waals surface area contributed by atoms with Crippen LogP contribution < -0.4 is 14.8 Å². The first kappa shape index (κ1) is 21.4. The molecule has 0 radical (unpaired) electrons. The van der Waals surface area contributed by atoms with Crippen molar-refractivity contribution >= 4 is 23.4 Å². The van der Waals surface area contributed by atoms with Crippen molar-refractivity contribution in [2.24, 2.45) is 5.92 Å². The number of carbonyl (C=O) groups is 1. The number of hydrogen-bond donors (Lipinski definition) is 1. The molecule has 0 spiro atoms. The predicted molar refractivity (Wildman–Crippen MR) is 119 cm³/mol. The molecular weight excluding hydrogens is 414 g/mol. The van der Waals surface area contributed by atoms with Crippen molar-refractivity contribution < 1.29 is 14.3 Å². The van der Waals surface area contributed by atoms with Gasteiger partial charge in [-0.15, -0.1) is 10.2 Å². The third-order valence-corrected chi connectivity index (χ3v) is 6.04. The lowest BCUT2D eigenvalue weighted by Gasteiger charge is -2.23. The number of ether oxygens (including phenoxy) is 2. The molecule has 1 N–H and O–H groups in total. The number of benzene rings is 1. The number of nitrogens with one attached hydrogen (secondary N) is 1. The van der Waals surface area contributed by atoms with Gasteiger partial charge in [-0.05, 0) is 43.5 Å². The van der Waals surface area contributed by atoms with Crippen LogP contribution in [0.5, 0.6) is 11.5 Å². The predicted octanol–water partition coefficient (Wildman–Crippen LogP) is 3.51. The third-order valence-electron chi connectivity index (χ3n) is 5.11. The molecule has 8 nitrogen and oxygen atoms in total. The highest BCUT2D eigenvalue weighted by atomic mass is 32.2. The quantitative estimate of drug-likeness (QED) is 0.586. The summed E-state index contributed by atoms with van der Waals surface area (Å²) in [6, 6.07) is 7.73. The van der Waals surface area contributed by atoms with E-state index in [1.54, 1.807) is 0 Å². The normalized spacial score (nSPS) is 14.5. The maximum atomic E-state index is 12.8. The first-order valence-electron chi connectivity index (χ1n) is 10.4. The molecule has 3 heterocycles. The lowest BCUT2D eigenvalue weighted by Crippen LogP contribution is -2.33. The van der Waals surface area contributed by atoms with E-state index in [9.17, 15) is 4.79 Å². The number of fused-ring (bicyclic) bond motifs is 2. The Morgan fingerprint density at radius 2 is 1.94 bits per heavy atom. The van der Waals surface area contributed by atoms with Crippen molar-refractivity contribution in [1.82, 2.24) is 24.9 Å². The second-order valence-electron chi connectivity index (χ2n) is 7.99. The van der Waals surface area contributed by atoms with Crippen LogP contribution in [0.25, 0.3) is 5.78 Å². The molecule has 0 fully saturated rings. The number of nitrogens with zero attached hydrogens (tertiary/aromatic N) is 4. The number of hydrogen-bond acceptors (Lipinski definition) is 7. The van der Waals surface area contributed by atoms with Gasteiger partial charge in [-0.25, -0.2) is 4.98 Å².